The van der Waals surface area contributed by atoms with E-state index in [1.165, 1.54) is 82.5 Å². The van der Waals surface area contributed by atoms with E-state index in [1.54, 1.807) is 0 Å². The molecular formula is C22H42IN3. The molecule has 4 heteroatoms. The second-order valence-electron chi connectivity index (χ2n) is 10.2. The van der Waals surface area contributed by atoms with Crippen molar-refractivity contribution in [1.29, 1.82) is 0 Å². The van der Waals surface area contributed by atoms with Gasteiger partial charge in [-0.1, -0.05) is 36.4 Å². The molecule has 0 aromatic rings. The van der Waals surface area contributed by atoms with Crippen LogP contribution >= 0.6 is 22.6 Å². The van der Waals surface area contributed by atoms with Crippen LogP contribution in [0.2, 0.25) is 0 Å². The molecule has 1 aliphatic carbocycles. The highest BCUT2D eigenvalue weighted by molar-refractivity contribution is 14.1. The van der Waals surface area contributed by atoms with Crippen LogP contribution in [0.4, 0.5) is 0 Å². The first-order valence-electron chi connectivity index (χ1n) is 11.2. The molecule has 0 aromatic heterocycles. The molecule has 0 aromatic carbocycles. The van der Waals surface area contributed by atoms with Gasteiger partial charge < -0.3 is 9.80 Å². The van der Waals surface area contributed by atoms with Crippen molar-refractivity contribution in [3.63, 3.8) is 0 Å². The Morgan fingerprint density at radius 2 is 1.62 bits per heavy atom. The fraction of sp³-hybridized carbons (Fsp3) is 1.00. The van der Waals surface area contributed by atoms with E-state index in [0.717, 1.165) is 17.8 Å². The third-order valence-corrected chi connectivity index (χ3v) is 8.29. The minimum absolute atomic E-state index is 0.698. The predicted molar refractivity (Wildman–Crippen MR) is 121 cm³/mol. The van der Waals surface area contributed by atoms with Gasteiger partial charge in [-0.05, 0) is 69.2 Å². The quantitative estimate of drug-likeness (QED) is 0.385. The zero-order valence-corrected chi connectivity index (χ0v) is 19.9. The van der Waals surface area contributed by atoms with Gasteiger partial charge in [-0.25, -0.2) is 0 Å². The van der Waals surface area contributed by atoms with E-state index < -0.39 is 0 Å². The number of hydrogen-bond donors (Lipinski definition) is 0. The fourth-order valence-electron chi connectivity index (χ4n) is 5.45. The number of alkyl halides is 1. The first-order valence-corrected chi connectivity index (χ1v) is 12.7. The molecule has 26 heavy (non-hydrogen) atoms. The number of likely N-dealkylation sites (tertiary alicyclic amines) is 1. The van der Waals surface area contributed by atoms with Crippen molar-refractivity contribution in [1.82, 2.24) is 14.7 Å². The number of piperidine rings is 1. The highest BCUT2D eigenvalue weighted by Crippen LogP contribution is 2.51. The second kappa shape index (κ2) is 9.41. The van der Waals surface area contributed by atoms with E-state index in [9.17, 15) is 0 Å². The van der Waals surface area contributed by atoms with E-state index >= 15 is 0 Å². The summed E-state index contributed by atoms with van der Waals surface area (Å²) in [4.78, 5) is 8.24. The maximum Gasteiger partial charge on any atom is 0.0113 e. The summed E-state index contributed by atoms with van der Waals surface area (Å²) in [5.74, 6) is 2.69. The van der Waals surface area contributed by atoms with Crippen molar-refractivity contribution >= 4 is 22.6 Å². The third-order valence-electron chi connectivity index (χ3n) is 7.16. The molecule has 3 nitrogen and oxygen atoms in total. The Labute approximate surface area is 176 Å². The Morgan fingerprint density at radius 1 is 0.923 bits per heavy atom. The minimum atomic E-state index is 0.698. The van der Waals surface area contributed by atoms with Crippen molar-refractivity contribution in [3.05, 3.63) is 0 Å². The number of rotatable bonds is 8. The maximum atomic E-state index is 2.84. The molecule has 1 saturated carbocycles. The monoisotopic (exact) mass is 475 g/mol. The Hall–Kier alpha value is 0.610. The Bertz CT molecular complexity index is 427. The van der Waals surface area contributed by atoms with Crippen LogP contribution in [0.3, 0.4) is 0 Å². The van der Waals surface area contributed by atoms with Crippen LogP contribution in [0.5, 0.6) is 0 Å². The highest BCUT2D eigenvalue weighted by Gasteiger charge is 2.45. The average molecular weight is 476 g/mol. The van der Waals surface area contributed by atoms with Gasteiger partial charge in [-0.3, -0.25) is 4.90 Å². The number of hydrogen-bond acceptors (Lipinski definition) is 3. The summed E-state index contributed by atoms with van der Waals surface area (Å²) in [5, 5.41) is 0. The average Bonchev–Trinajstić information content (AvgIpc) is 3.34. The summed E-state index contributed by atoms with van der Waals surface area (Å²) in [6.45, 7) is 20.0. The zero-order chi connectivity index (χ0) is 18.7. The molecule has 2 heterocycles. The maximum absolute atomic E-state index is 2.84. The van der Waals surface area contributed by atoms with E-state index in [0.29, 0.717) is 11.5 Å². The Kier molecular flexibility index (Phi) is 7.71. The van der Waals surface area contributed by atoms with Crippen molar-refractivity contribution in [2.75, 3.05) is 56.8 Å². The van der Waals surface area contributed by atoms with E-state index in [2.05, 4.69) is 65.0 Å². The lowest BCUT2D eigenvalue weighted by Gasteiger charge is -2.43. The van der Waals surface area contributed by atoms with Gasteiger partial charge in [0, 0.05) is 56.3 Å². The molecule has 3 rings (SSSR count). The molecule has 152 valence electrons. The van der Waals surface area contributed by atoms with Crippen molar-refractivity contribution < 1.29 is 0 Å². The first-order chi connectivity index (χ1) is 12.4. The lowest BCUT2D eigenvalue weighted by atomic mass is 9.85. The van der Waals surface area contributed by atoms with Crippen LogP contribution < -0.4 is 0 Å². The SMILES string of the molecule is CC(C)CC1(CN2CC[C@H](CN3CCN(C(C)C)CC3)[C@H](CI)C2)CC1. The van der Waals surface area contributed by atoms with Gasteiger partial charge in [0.1, 0.15) is 0 Å². The first kappa shape index (κ1) is 21.3. The molecule has 0 spiro atoms. The van der Waals surface area contributed by atoms with Gasteiger partial charge in [-0.15, -0.1) is 0 Å². The molecule has 3 fully saturated rings. The van der Waals surface area contributed by atoms with Gasteiger partial charge in [0.25, 0.3) is 0 Å². The van der Waals surface area contributed by atoms with Gasteiger partial charge in [0.05, 0.1) is 0 Å². The molecule has 2 atom stereocenters. The molecule has 3 aliphatic rings. The topological polar surface area (TPSA) is 9.72 Å². The second-order valence-corrected chi connectivity index (χ2v) is 11.1. The summed E-state index contributed by atoms with van der Waals surface area (Å²) in [6, 6.07) is 0.711. The lowest BCUT2D eigenvalue weighted by Crippen LogP contribution is -2.52. The molecule has 2 aliphatic heterocycles. The van der Waals surface area contributed by atoms with E-state index in [-0.39, 0.29) is 0 Å². The summed E-state index contributed by atoms with van der Waals surface area (Å²) in [5.41, 5.74) is 0.698. The van der Waals surface area contributed by atoms with Crippen molar-refractivity contribution in [2.45, 2.75) is 59.4 Å². The molecule has 0 N–H and O–H groups in total. The van der Waals surface area contributed by atoms with Crippen LogP contribution in [0.15, 0.2) is 0 Å². The Balaban J connectivity index is 1.45. The van der Waals surface area contributed by atoms with Crippen LogP contribution in [0, 0.1) is 23.2 Å². The minimum Gasteiger partial charge on any atom is -0.302 e. The summed E-state index contributed by atoms with van der Waals surface area (Å²) >= 11 is 2.66. The molecule has 0 radical (unpaired) electrons. The van der Waals surface area contributed by atoms with Gasteiger partial charge in [-0.2, -0.15) is 0 Å². The van der Waals surface area contributed by atoms with Crippen molar-refractivity contribution in [2.24, 2.45) is 23.2 Å². The third kappa shape index (κ3) is 5.81. The van der Waals surface area contributed by atoms with Crippen LogP contribution in [-0.2, 0) is 0 Å². The van der Waals surface area contributed by atoms with Crippen LogP contribution in [0.25, 0.3) is 0 Å². The van der Waals surface area contributed by atoms with Crippen molar-refractivity contribution in [3.8, 4) is 0 Å². The molecule has 2 saturated heterocycles. The molecule has 0 amide bonds. The normalized spacial score (nSPS) is 31.0. The molecular weight excluding hydrogens is 433 g/mol. The predicted octanol–water partition coefficient (Wildman–Crippen LogP) is 4.21. The Morgan fingerprint density at radius 3 is 2.15 bits per heavy atom. The zero-order valence-electron chi connectivity index (χ0n) is 17.7. The van der Waals surface area contributed by atoms with E-state index in [4.69, 9.17) is 0 Å². The number of piperazine rings is 1. The van der Waals surface area contributed by atoms with Crippen LogP contribution in [-0.4, -0.2) is 77.5 Å². The largest absolute Gasteiger partial charge is 0.302 e. The van der Waals surface area contributed by atoms with Crippen LogP contribution in [0.1, 0.15) is 53.4 Å². The smallest absolute Gasteiger partial charge is 0.0113 e. The van der Waals surface area contributed by atoms with Gasteiger partial charge >= 0.3 is 0 Å². The van der Waals surface area contributed by atoms with E-state index in [1.807, 2.05) is 0 Å². The molecule has 0 bridgehead atoms. The summed E-state index contributed by atoms with van der Waals surface area (Å²) in [7, 11) is 0. The number of halogens is 1. The summed E-state index contributed by atoms with van der Waals surface area (Å²) < 4.78 is 1.34. The fourth-order valence-corrected chi connectivity index (χ4v) is 6.45. The standard InChI is InChI=1S/C22H42IN3/c1-18(2)13-22(6-7-22)17-25-8-5-20(21(14-23)16-25)15-24-9-11-26(12-10-24)19(3)4/h18-21H,5-17H2,1-4H3/t20-,21-/m1/s1. The van der Waals surface area contributed by atoms with Gasteiger partial charge in [0.15, 0.2) is 0 Å². The highest BCUT2D eigenvalue weighted by atomic mass is 127. The van der Waals surface area contributed by atoms with Gasteiger partial charge in [0.2, 0.25) is 0 Å². The summed E-state index contributed by atoms with van der Waals surface area (Å²) in [6.07, 6.45) is 5.85. The lowest BCUT2D eigenvalue weighted by molar-refractivity contribution is 0.0551. The molecule has 0 unspecified atom stereocenters. The number of nitrogens with zero attached hydrogens (tertiary/aromatic N) is 3.